The number of halogens is 1. The second kappa shape index (κ2) is 7.80. The lowest BCUT2D eigenvalue weighted by Gasteiger charge is -2.51. The van der Waals surface area contributed by atoms with Crippen LogP contribution < -0.4 is 4.90 Å². The average molecular weight is 534 g/mol. The van der Waals surface area contributed by atoms with Gasteiger partial charge < -0.3 is 0 Å². The van der Waals surface area contributed by atoms with Crippen molar-refractivity contribution in [2.24, 2.45) is 22.1 Å². The first-order valence-electron chi connectivity index (χ1n) is 11.9. The summed E-state index contributed by atoms with van der Waals surface area (Å²) in [5.74, 6) is -1.45. The molecule has 0 radical (unpaired) electrons. The number of benzene rings is 4. The lowest BCUT2D eigenvalue weighted by Crippen LogP contribution is -2.50. The second-order valence-corrected chi connectivity index (χ2v) is 10.7. The molecule has 1 heterocycles. The molecule has 0 N–H and O–H groups in total. The topological polar surface area (TPSA) is 62.1 Å². The fourth-order valence-corrected chi connectivity index (χ4v) is 7.41. The van der Waals surface area contributed by atoms with E-state index in [9.17, 15) is 9.59 Å². The van der Waals surface area contributed by atoms with E-state index in [1.54, 1.807) is 24.3 Å². The number of amides is 2. The molecule has 2 amide bonds. The third-order valence-corrected chi connectivity index (χ3v) is 9.01. The predicted molar refractivity (Wildman–Crippen MR) is 141 cm³/mol. The lowest BCUT2D eigenvalue weighted by molar-refractivity contribution is -0.122. The Morgan fingerprint density at radius 3 is 1.78 bits per heavy atom. The van der Waals surface area contributed by atoms with Gasteiger partial charge in [-0.15, -0.1) is 0 Å². The highest BCUT2D eigenvalue weighted by molar-refractivity contribution is 9.09. The number of alkyl halides is 1. The molecule has 8 rings (SSSR count). The van der Waals surface area contributed by atoms with Crippen molar-refractivity contribution in [1.29, 1.82) is 0 Å². The van der Waals surface area contributed by atoms with Crippen LogP contribution in [0.1, 0.15) is 28.2 Å². The zero-order valence-corrected chi connectivity index (χ0v) is 20.7. The zero-order valence-electron chi connectivity index (χ0n) is 19.1. The van der Waals surface area contributed by atoms with Crippen LogP contribution in [0, 0.1) is 11.8 Å². The van der Waals surface area contributed by atoms with E-state index < -0.39 is 16.2 Å². The van der Waals surface area contributed by atoms with Gasteiger partial charge in [0.2, 0.25) is 11.8 Å². The standard InChI is InChI=1S/C30H20BrN3O2/c31-30-23-12-6-4-10-21(23)25(22-11-5-7-13-24(22)30)26-27(30)29(36)34(28(26)35)20-16-14-19(15-17-20)33-32-18-8-2-1-3-9-18/h1-17,25-27H/t25?,26-,27-,30?/m0/s1. The molecular formula is C30H20BrN3O2. The molecule has 6 heteroatoms. The summed E-state index contributed by atoms with van der Waals surface area (Å²) in [4.78, 5) is 29.3. The minimum Gasteiger partial charge on any atom is -0.274 e. The Bertz CT molecular complexity index is 1520. The normalized spacial score (nSPS) is 25.7. The maximum absolute atomic E-state index is 14.0. The van der Waals surface area contributed by atoms with Crippen molar-refractivity contribution in [3.05, 3.63) is 125 Å². The van der Waals surface area contributed by atoms with Gasteiger partial charge in [-0.05, 0) is 58.7 Å². The summed E-state index contributed by atoms with van der Waals surface area (Å²) >= 11 is 4.03. The summed E-state index contributed by atoms with van der Waals surface area (Å²) in [7, 11) is 0. The van der Waals surface area contributed by atoms with Crippen LogP contribution in [0.25, 0.3) is 0 Å². The molecule has 4 aromatic carbocycles. The van der Waals surface area contributed by atoms with E-state index in [2.05, 4.69) is 50.4 Å². The SMILES string of the molecule is O=C1[C@@H]2[C@@H](C(=O)N1c1ccc(N=Nc3ccccc3)cc1)C1c3ccccc3C2(Br)c2ccccc21. The lowest BCUT2D eigenvalue weighted by atomic mass is 9.55. The molecule has 0 aromatic heterocycles. The molecule has 5 nitrogen and oxygen atoms in total. The number of anilines is 1. The molecule has 0 spiro atoms. The third-order valence-electron chi connectivity index (χ3n) is 7.66. The molecule has 174 valence electrons. The highest BCUT2D eigenvalue weighted by Crippen LogP contribution is 2.66. The summed E-state index contributed by atoms with van der Waals surface area (Å²) in [6, 6.07) is 33.0. The highest BCUT2D eigenvalue weighted by atomic mass is 79.9. The van der Waals surface area contributed by atoms with Crippen LogP contribution in [0.2, 0.25) is 0 Å². The molecule has 2 atom stereocenters. The number of nitrogens with zero attached hydrogens (tertiary/aromatic N) is 3. The van der Waals surface area contributed by atoms with Gasteiger partial charge in [-0.25, -0.2) is 4.90 Å². The highest BCUT2D eigenvalue weighted by Gasteiger charge is 2.67. The van der Waals surface area contributed by atoms with Crippen LogP contribution >= 0.6 is 15.9 Å². The van der Waals surface area contributed by atoms with Crippen LogP contribution in [-0.4, -0.2) is 11.8 Å². The maximum Gasteiger partial charge on any atom is 0.239 e. The third kappa shape index (κ3) is 2.82. The van der Waals surface area contributed by atoms with Crippen molar-refractivity contribution >= 4 is 44.8 Å². The molecule has 4 aromatic rings. The van der Waals surface area contributed by atoms with Crippen molar-refractivity contribution < 1.29 is 9.59 Å². The van der Waals surface area contributed by atoms with Gasteiger partial charge in [0.05, 0.1) is 33.2 Å². The van der Waals surface area contributed by atoms with Gasteiger partial charge in [0.25, 0.3) is 0 Å². The quantitative estimate of drug-likeness (QED) is 0.161. The van der Waals surface area contributed by atoms with Gasteiger partial charge in [0, 0.05) is 5.92 Å². The van der Waals surface area contributed by atoms with E-state index in [1.165, 1.54) is 4.90 Å². The molecule has 1 saturated heterocycles. The second-order valence-electron chi connectivity index (χ2n) is 9.43. The van der Waals surface area contributed by atoms with E-state index in [0.717, 1.165) is 27.9 Å². The van der Waals surface area contributed by atoms with E-state index in [-0.39, 0.29) is 17.7 Å². The Hall–Kier alpha value is -3.90. The van der Waals surface area contributed by atoms with Crippen molar-refractivity contribution in [3.8, 4) is 0 Å². The summed E-state index contributed by atoms with van der Waals surface area (Å²) in [5, 5.41) is 8.53. The first-order valence-corrected chi connectivity index (χ1v) is 12.7. The number of hydrogen-bond acceptors (Lipinski definition) is 4. The zero-order chi connectivity index (χ0) is 24.4. The monoisotopic (exact) mass is 533 g/mol. The molecule has 1 aliphatic heterocycles. The van der Waals surface area contributed by atoms with Crippen LogP contribution in [0.5, 0.6) is 0 Å². The Labute approximate surface area is 216 Å². The molecule has 1 fully saturated rings. The number of carbonyl (C=O) groups excluding carboxylic acids is 2. The van der Waals surface area contributed by atoms with Gasteiger partial charge in [-0.1, -0.05) is 82.7 Å². The van der Waals surface area contributed by atoms with Crippen molar-refractivity contribution in [1.82, 2.24) is 0 Å². The van der Waals surface area contributed by atoms with Crippen LogP contribution in [-0.2, 0) is 13.9 Å². The number of carbonyl (C=O) groups is 2. The number of rotatable bonds is 3. The average Bonchev–Trinajstić information content (AvgIpc) is 3.20. The van der Waals surface area contributed by atoms with E-state index >= 15 is 0 Å². The smallest absolute Gasteiger partial charge is 0.239 e. The summed E-state index contributed by atoms with van der Waals surface area (Å²) in [6.07, 6.45) is 0. The van der Waals surface area contributed by atoms with E-state index in [4.69, 9.17) is 0 Å². The van der Waals surface area contributed by atoms with Crippen LogP contribution in [0.4, 0.5) is 17.1 Å². The fourth-order valence-electron chi connectivity index (χ4n) is 6.21. The first-order chi connectivity index (χ1) is 17.6. The fraction of sp³-hybridized carbons (Fsp3) is 0.133. The Kier molecular flexibility index (Phi) is 4.63. The van der Waals surface area contributed by atoms with Gasteiger partial charge >= 0.3 is 0 Å². The van der Waals surface area contributed by atoms with Crippen molar-refractivity contribution in [3.63, 3.8) is 0 Å². The Morgan fingerprint density at radius 1 is 0.639 bits per heavy atom. The molecule has 0 unspecified atom stereocenters. The largest absolute Gasteiger partial charge is 0.274 e. The van der Waals surface area contributed by atoms with Crippen molar-refractivity contribution in [2.45, 2.75) is 10.2 Å². The molecular weight excluding hydrogens is 514 g/mol. The van der Waals surface area contributed by atoms with Crippen LogP contribution in [0.15, 0.2) is 113 Å². The minimum absolute atomic E-state index is 0.151. The number of imide groups is 1. The van der Waals surface area contributed by atoms with Crippen molar-refractivity contribution in [2.75, 3.05) is 4.90 Å². The Balaban J connectivity index is 1.28. The van der Waals surface area contributed by atoms with E-state index in [0.29, 0.717) is 11.4 Å². The molecule has 4 aliphatic rings. The maximum atomic E-state index is 14.0. The minimum atomic E-state index is -0.745. The molecule has 2 bridgehead atoms. The van der Waals surface area contributed by atoms with Gasteiger partial charge in [-0.3, -0.25) is 9.59 Å². The van der Waals surface area contributed by atoms with Gasteiger partial charge in [0.15, 0.2) is 0 Å². The molecule has 0 saturated carbocycles. The van der Waals surface area contributed by atoms with Crippen LogP contribution in [0.3, 0.4) is 0 Å². The molecule has 36 heavy (non-hydrogen) atoms. The number of hydrogen-bond donors (Lipinski definition) is 0. The van der Waals surface area contributed by atoms with Gasteiger partial charge in [0.1, 0.15) is 0 Å². The summed E-state index contributed by atoms with van der Waals surface area (Å²) in [6.45, 7) is 0. The summed E-state index contributed by atoms with van der Waals surface area (Å²) < 4.78 is -0.745. The predicted octanol–water partition coefficient (Wildman–Crippen LogP) is 7.01. The summed E-state index contributed by atoms with van der Waals surface area (Å²) in [5.41, 5.74) is 6.36. The Morgan fingerprint density at radius 2 is 1.17 bits per heavy atom. The van der Waals surface area contributed by atoms with E-state index in [1.807, 2.05) is 54.6 Å². The molecule has 3 aliphatic carbocycles. The number of azo groups is 1. The first kappa shape index (κ1) is 21.4. The van der Waals surface area contributed by atoms with Gasteiger partial charge in [-0.2, -0.15) is 10.2 Å².